The average Bonchev–Trinajstić information content (AvgIpc) is 2.76. The van der Waals surface area contributed by atoms with Gasteiger partial charge in [-0.3, -0.25) is 4.72 Å². The maximum absolute atomic E-state index is 12.4. The minimum absolute atomic E-state index is 0.373. The normalized spacial score (nSPS) is 17.5. The van der Waals surface area contributed by atoms with Crippen molar-refractivity contribution < 1.29 is 8.42 Å². The summed E-state index contributed by atoms with van der Waals surface area (Å²) < 4.78 is 29.0. The number of nitrogens with zero attached hydrogens (tertiary/aromatic N) is 2. The lowest BCUT2D eigenvalue weighted by atomic mass is 10.2. The fourth-order valence-electron chi connectivity index (χ4n) is 2.60. The fourth-order valence-corrected chi connectivity index (χ4v) is 3.85. The predicted molar refractivity (Wildman–Crippen MR) is 84.3 cm³/mol. The number of nitrogens with one attached hydrogen (secondary N) is 1. The van der Waals surface area contributed by atoms with E-state index < -0.39 is 10.2 Å². The van der Waals surface area contributed by atoms with E-state index in [-0.39, 0.29) is 0 Å². The number of fused-ring (bicyclic) bond motifs is 1. The molecule has 3 rings (SSSR count). The third-order valence-corrected chi connectivity index (χ3v) is 5.25. The molecule has 5 nitrogen and oxygen atoms in total. The van der Waals surface area contributed by atoms with E-state index >= 15 is 0 Å². The quantitative estimate of drug-likeness (QED) is 0.948. The number of anilines is 1. The van der Waals surface area contributed by atoms with E-state index in [1.807, 2.05) is 30.3 Å². The molecule has 1 aromatic carbocycles. The highest BCUT2D eigenvalue weighted by atomic mass is 32.2. The van der Waals surface area contributed by atoms with Gasteiger partial charge in [-0.2, -0.15) is 12.7 Å². The molecule has 2 aromatic rings. The molecule has 2 heterocycles. The molecule has 1 aromatic heterocycles. The van der Waals surface area contributed by atoms with E-state index in [0.717, 1.165) is 36.6 Å². The summed E-state index contributed by atoms with van der Waals surface area (Å²) in [4.78, 5) is 4.36. The Labute approximate surface area is 125 Å². The van der Waals surface area contributed by atoms with Crippen LogP contribution in [0.4, 0.5) is 5.82 Å². The van der Waals surface area contributed by atoms with E-state index in [4.69, 9.17) is 0 Å². The topological polar surface area (TPSA) is 62.3 Å². The summed E-state index contributed by atoms with van der Waals surface area (Å²) >= 11 is 0. The zero-order chi connectivity index (χ0) is 14.7. The smallest absolute Gasteiger partial charge is 0.254 e. The second-order valence-electron chi connectivity index (χ2n) is 5.31. The molecule has 1 saturated heterocycles. The zero-order valence-electron chi connectivity index (χ0n) is 11.8. The van der Waals surface area contributed by atoms with Crippen molar-refractivity contribution in [3.8, 4) is 0 Å². The molecule has 1 aliphatic rings. The van der Waals surface area contributed by atoms with Crippen LogP contribution in [0.3, 0.4) is 0 Å². The van der Waals surface area contributed by atoms with Gasteiger partial charge in [0.25, 0.3) is 0 Å². The van der Waals surface area contributed by atoms with Crippen molar-refractivity contribution in [2.24, 2.45) is 0 Å². The van der Waals surface area contributed by atoms with Gasteiger partial charge in [0.05, 0.1) is 5.52 Å². The Bertz CT molecular complexity index is 723. The van der Waals surface area contributed by atoms with E-state index in [1.165, 1.54) is 4.31 Å². The first-order valence-corrected chi connectivity index (χ1v) is 8.73. The van der Waals surface area contributed by atoms with E-state index in [1.54, 1.807) is 6.07 Å². The first-order chi connectivity index (χ1) is 10.1. The molecule has 0 unspecified atom stereocenters. The Morgan fingerprint density at radius 3 is 2.43 bits per heavy atom. The molecule has 6 heteroatoms. The van der Waals surface area contributed by atoms with E-state index in [9.17, 15) is 8.42 Å². The highest BCUT2D eigenvalue weighted by Gasteiger charge is 2.23. The van der Waals surface area contributed by atoms with Gasteiger partial charge in [0.15, 0.2) is 0 Å². The predicted octanol–water partition coefficient (Wildman–Crippen LogP) is 2.77. The van der Waals surface area contributed by atoms with Crippen molar-refractivity contribution in [1.82, 2.24) is 9.29 Å². The fraction of sp³-hybridized carbons (Fsp3) is 0.400. The SMILES string of the molecule is O=S(=O)(Nc1ccc2ccccc2n1)N1CCCCCC1. The van der Waals surface area contributed by atoms with Gasteiger partial charge in [0.1, 0.15) is 5.82 Å². The van der Waals surface area contributed by atoms with Crippen molar-refractivity contribution in [3.05, 3.63) is 36.4 Å². The highest BCUT2D eigenvalue weighted by Crippen LogP contribution is 2.18. The van der Waals surface area contributed by atoms with Gasteiger partial charge < -0.3 is 0 Å². The summed E-state index contributed by atoms with van der Waals surface area (Å²) in [6.45, 7) is 1.17. The van der Waals surface area contributed by atoms with Crippen LogP contribution >= 0.6 is 0 Å². The van der Waals surface area contributed by atoms with E-state index in [2.05, 4.69) is 9.71 Å². The second-order valence-corrected chi connectivity index (χ2v) is 6.98. The average molecular weight is 305 g/mol. The lowest BCUT2D eigenvalue weighted by Gasteiger charge is -2.20. The molecule has 0 aliphatic carbocycles. The molecule has 1 fully saturated rings. The second kappa shape index (κ2) is 5.99. The minimum Gasteiger partial charge on any atom is -0.254 e. The van der Waals surface area contributed by atoms with Crippen LogP contribution in [-0.2, 0) is 10.2 Å². The van der Waals surface area contributed by atoms with Crippen molar-refractivity contribution in [1.29, 1.82) is 0 Å². The van der Waals surface area contributed by atoms with Gasteiger partial charge in [0.2, 0.25) is 0 Å². The van der Waals surface area contributed by atoms with Gasteiger partial charge in [-0.15, -0.1) is 0 Å². The first-order valence-electron chi connectivity index (χ1n) is 7.29. The molecule has 0 saturated carbocycles. The minimum atomic E-state index is -3.51. The maximum Gasteiger partial charge on any atom is 0.302 e. The zero-order valence-corrected chi connectivity index (χ0v) is 12.6. The molecule has 0 amide bonds. The Kier molecular flexibility index (Phi) is 4.07. The van der Waals surface area contributed by atoms with Crippen LogP contribution < -0.4 is 4.72 Å². The highest BCUT2D eigenvalue weighted by molar-refractivity contribution is 7.90. The Balaban J connectivity index is 1.82. The van der Waals surface area contributed by atoms with Gasteiger partial charge in [0, 0.05) is 18.5 Å². The Morgan fingerprint density at radius 1 is 0.952 bits per heavy atom. The maximum atomic E-state index is 12.4. The van der Waals surface area contributed by atoms with Crippen molar-refractivity contribution in [2.45, 2.75) is 25.7 Å². The van der Waals surface area contributed by atoms with Crippen LogP contribution in [0.2, 0.25) is 0 Å². The summed E-state index contributed by atoms with van der Waals surface area (Å²) in [5.74, 6) is 0.373. The molecular formula is C15H19N3O2S. The number of para-hydroxylation sites is 1. The molecule has 0 bridgehead atoms. The van der Waals surface area contributed by atoms with Gasteiger partial charge in [-0.1, -0.05) is 31.0 Å². The molecule has 0 spiro atoms. The van der Waals surface area contributed by atoms with Crippen molar-refractivity contribution in [2.75, 3.05) is 17.8 Å². The summed E-state index contributed by atoms with van der Waals surface area (Å²) in [5, 5.41) is 0.996. The van der Waals surface area contributed by atoms with Crippen molar-refractivity contribution in [3.63, 3.8) is 0 Å². The lowest BCUT2D eigenvalue weighted by molar-refractivity contribution is 0.427. The van der Waals surface area contributed by atoms with Gasteiger partial charge in [-0.25, -0.2) is 4.98 Å². The van der Waals surface area contributed by atoms with Crippen LogP contribution in [0.5, 0.6) is 0 Å². The summed E-state index contributed by atoms with van der Waals surface area (Å²) in [5.41, 5.74) is 0.786. The molecule has 1 aliphatic heterocycles. The Morgan fingerprint density at radius 2 is 1.67 bits per heavy atom. The first kappa shape index (κ1) is 14.3. The molecule has 1 N–H and O–H groups in total. The third-order valence-electron chi connectivity index (χ3n) is 3.74. The lowest BCUT2D eigenvalue weighted by Crippen LogP contribution is -2.36. The number of aromatic nitrogens is 1. The van der Waals surface area contributed by atoms with Crippen molar-refractivity contribution >= 4 is 26.9 Å². The molecule has 21 heavy (non-hydrogen) atoms. The molecular weight excluding hydrogens is 286 g/mol. The molecule has 0 radical (unpaired) electrons. The third kappa shape index (κ3) is 3.33. The number of pyridine rings is 1. The number of hydrogen-bond acceptors (Lipinski definition) is 3. The summed E-state index contributed by atoms with van der Waals surface area (Å²) in [6.07, 6.45) is 4.04. The summed E-state index contributed by atoms with van der Waals surface area (Å²) in [6, 6.07) is 11.2. The number of hydrogen-bond donors (Lipinski definition) is 1. The van der Waals surface area contributed by atoms with Gasteiger partial charge >= 0.3 is 10.2 Å². The van der Waals surface area contributed by atoms with Crippen LogP contribution in [-0.4, -0.2) is 30.8 Å². The van der Waals surface area contributed by atoms with E-state index in [0.29, 0.717) is 18.9 Å². The standard InChI is InChI=1S/C15H19N3O2S/c19-21(20,18-11-5-1-2-6-12-18)17-15-10-9-13-7-3-4-8-14(13)16-15/h3-4,7-10H,1-2,5-6,11-12H2,(H,16,17). The number of benzene rings is 1. The molecule has 112 valence electrons. The number of rotatable bonds is 3. The largest absolute Gasteiger partial charge is 0.302 e. The summed E-state index contributed by atoms with van der Waals surface area (Å²) in [7, 11) is -3.51. The molecule has 0 atom stereocenters. The van der Waals surface area contributed by atoms with Crippen LogP contribution in [0.25, 0.3) is 10.9 Å². The Hall–Kier alpha value is -1.66. The van der Waals surface area contributed by atoms with Crippen LogP contribution in [0.1, 0.15) is 25.7 Å². The van der Waals surface area contributed by atoms with Crippen LogP contribution in [0.15, 0.2) is 36.4 Å². The monoisotopic (exact) mass is 305 g/mol. The van der Waals surface area contributed by atoms with Gasteiger partial charge in [-0.05, 0) is 31.0 Å². The van der Waals surface area contributed by atoms with Crippen LogP contribution in [0, 0.1) is 0 Å².